The largest absolute Gasteiger partial charge is 0.463 e. The number of halogens is 2. The summed E-state index contributed by atoms with van der Waals surface area (Å²) in [6, 6.07) is 6.15. The summed E-state index contributed by atoms with van der Waals surface area (Å²) in [4.78, 5) is 22.6. The van der Waals surface area contributed by atoms with Gasteiger partial charge in [0, 0.05) is 19.5 Å². The maximum absolute atomic E-state index is 14.1. The molecule has 6 nitrogen and oxygen atoms in total. The number of hydrogen-bond donors (Lipinski definition) is 1. The van der Waals surface area contributed by atoms with Crippen molar-refractivity contribution in [1.82, 2.24) is 14.9 Å². The third-order valence-electron chi connectivity index (χ3n) is 4.45. The van der Waals surface area contributed by atoms with Gasteiger partial charge in [0.25, 0.3) is 5.91 Å². The second-order valence-electron chi connectivity index (χ2n) is 6.04. The number of hydrogen-bond acceptors (Lipinski definition) is 5. The third-order valence-corrected chi connectivity index (χ3v) is 4.45. The number of nitrogens with two attached hydrogens (primary N) is 1. The Hall–Kier alpha value is -3.29. The van der Waals surface area contributed by atoms with Crippen molar-refractivity contribution in [1.29, 1.82) is 0 Å². The predicted octanol–water partition coefficient (Wildman–Crippen LogP) is 2.97. The van der Waals surface area contributed by atoms with Crippen molar-refractivity contribution in [2.24, 2.45) is 0 Å². The highest BCUT2D eigenvalue weighted by atomic mass is 19.1. The zero-order chi connectivity index (χ0) is 18.4. The van der Waals surface area contributed by atoms with E-state index in [2.05, 4.69) is 9.97 Å². The number of likely N-dealkylation sites (N-methyl/N-ethyl adjacent to an activating group) is 1. The van der Waals surface area contributed by atoms with Crippen molar-refractivity contribution in [3.63, 3.8) is 0 Å². The maximum atomic E-state index is 14.1. The molecule has 3 aromatic rings. The number of anilines is 1. The highest BCUT2D eigenvalue weighted by Crippen LogP contribution is 2.38. The maximum Gasteiger partial charge on any atom is 0.258 e. The zero-order valence-electron chi connectivity index (χ0n) is 13.7. The topological polar surface area (TPSA) is 85.2 Å². The molecule has 1 amide bonds. The van der Waals surface area contributed by atoms with Crippen LogP contribution in [0.3, 0.4) is 0 Å². The van der Waals surface area contributed by atoms with Crippen molar-refractivity contribution in [3.8, 4) is 11.5 Å². The Morgan fingerprint density at radius 2 is 2.08 bits per heavy atom. The lowest BCUT2D eigenvalue weighted by Crippen LogP contribution is -2.25. The van der Waals surface area contributed by atoms with Crippen LogP contribution in [0.4, 0.5) is 14.7 Å². The number of amides is 1. The summed E-state index contributed by atoms with van der Waals surface area (Å²) >= 11 is 0. The van der Waals surface area contributed by atoms with Crippen LogP contribution < -0.4 is 5.73 Å². The number of carbonyl (C=O) groups is 1. The number of furan rings is 1. The minimum Gasteiger partial charge on any atom is -0.463 e. The second-order valence-corrected chi connectivity index (χ2v) is 6.04. The molecular weight excluding hydrogens is 342 g/mol. The zero-order valence-corrected chi connectivity index (χ0v) is 13.7. The number of rotatable bonds is 3. The molecule has 2 aromatic heterocycles. The standard InChI is InChI=1S/C18H14F2N4O2/c1-24-12(7-9-4-5-10(19)8-11(9)20)15-14(17(24)25)16(23-18(21)22-15)13-3-2-6-26-13/h2-6,8,12H,7H2,1H3,(H2,21,22,23). The Bertz CT molecular complexity index is 1000. The van der Waals surface area contributed by atoms with Crippen LogP contribution in [0.2, 0.25) is 0 Å². The molecule has 1 aliphatic rings. The molecule has 0 radical (unpaired) electrons. The smallest absolute Gasteiger partial charge is 0.258 e. The van der Waals surface area contributed by atoms with Crippen LogP contribution in [0, 0.1) is 11.6 Å². The second kappa shape index (κ2) is 5.91. The highest BCUT2D eigenvalue weighted by molar-refractivity contribution is 6.03. The Morgan fingerprint density at radius 3 is 2.77 bits per heavy atom. The molecule has 4 rings (SSSR count). The molecule has 0 aliphatic carbocycles. The first-order chi connectivity index (χ1) is 12.5. The first-order valence-corrected chi connectivity index (χ1v) is 7.88. The van der Waals surface area contributed by atoms with Gasteiger partial charge in [-0.3, -0.25) is 4.79 Å². The summed E-state index contributed by atoms with van der Waals surface area (Å²) in [6.07, 6.45) is 1.60. The lowest BCUT2D eigenvalue weighted by molar-refractivity contribution is 0.0772. The Labute approximate surface area is 147 Å². The van der Waals surface area contributed by atoms with Crippen molar-refractivity contribution in [3.05, 3.63) is 65.1 Å². The van der Waals surface area contributed by atoms with Gasteiger partial charge in [-0.15, -0.1) is 0 Å². The van der Waals surface area contributed by atoms with Crippen molar-refractivity contribution in [2.45, 2.75) is 12.5 Å². The average Bonchev–Trinajstić information content (AvgIpc) is 3.20. The number of nitrogens with zero attached hydrogens (tertiary/aromatic N) is 3. The van der Waals surface area contributed by atoms with E-state index in [9.17, 15) is 13.6 Å². The summed E-state index contributed by atoms with van der Waals surface area (Å²) in [5.74, 6) is -1.26. The van der Waals surface area contributed by atoms with E-state index >= 15 is 0 Å². The Balaban J connectivity index is 1.82. The van der Waals surface area contributed by atoms with Crippen LogP contribution in [0.15, 0.2) is 41.0 Å². The van der Waals surface area contributed by atoms with Gasteiger partial charge < -0.3 is 15.1 Å². The molecule has 26 heavy (non-hydrogen) atoms. The summed E-state index contributed by atoms with van der Waals surface area (Å²) < 4.78 is 32.6. The molecule has 3 heterocycles. The van der Waals surface area contributed by atoms with Gasteiger partial charge in [-0.25, -0.2) is 18.7 Å². The minimum atomic E-state index is -0.674. The van der Waals surface area contributed by atoms with E-state index in [1.165, 1.54) is 23.3 Å². The van der Waals surface area contributed by atoms with E-state index in [1.54, 1.807) is 19.2 Å². The molecular formula is C18H14F2N4O2. The molecule has 2 N–H and O–H groups in total. The fraction of sp³-hybridized carbons (Fsp3) is 0.167. The molecule has 1 aliphatic heterocycles. The monoisotopic (exact) mass is 356 g/mol. The number of fused-ring (bicyclic) bond motifs is 1. The number of carbonyl (C=O) groups excluding carboxylic acids is 1. The van der Waals surface area contributed by atoms with Gasteiger partial charge >= 0.3 is 0 Å². The van der Waals surface area contributed by atoms with Gasteiger partial charge in [0.05, 0.1) is 23.6 Å². The van der Waals surface area contributed by atoms with Gasteiger partial charge in [0.15, 0.2) is 5.76 Å². The first-order valence-electron chi connectivity index (χ1n) is 7.88. The normalized spacial score (nSPS) is 16.2. The molecule has 8 heteroatoms. The van der Waals surface area contributed by atoms with Gasteiger partial charge in [0.2, 0.25) is 5.95 Å². The van der Waals surface area contributed by atoms with Crippen LogP contribution in [-0.4, -0.2) is 27.8 Å². The third kappa shape index (κ3) is 2.50. The molecule has 132 valence electrons. The summed E-state index contributed by atoms with van der Waals surface area (Å²) in [7, 11) is 1.60. The average molecular weight is 356 g/mol. The molecule has 0 bridgehead atoms. The van der Waals surface area contributed by atoms with Crippen molar-refractivity contribution < 1.29 is 18.0 Å². The van der Waals surface area contributed by atoms with Crippen LogP contribution in [0.5, 0.6) is 0 Å². The Morgan fingerprint density at radius 1 is 1.27 bits per heavy atom. The van der Waals surface area contributed by atoms with Crippen LogP contribution in [0.25, 0.3) is 11.5 Å². The molecule has 1 aromatic carbocycles. The van der Waals surface area contributed by atoms with E-state index in [4.69, 9.17) is 10.2 Å². The number of nitrogen functional groups attached to an aromatic ring is 1. The summed E-state index contributed by atoms with van der Waals surface area (Å²) in [6.45, 7) is 0. The number of benzene rings is 1. The van der Waals surface area contributed by atoms with Gasteiger partial charge in [-0.2, -0.15) is 0 Å². The molecule has 1 atom stereocenters. The van der Waals surface area contributed by atoms with Crippen molar-refractivity contribution >= 4 is 11.9 Å². The van der Waals surface area contributed by atoms with Crippen molar-refractivity contribution in [2.75, 3.05) is 12.8 Å². The highest BCUT2D eigenvalue weighted by Gasteiger charge is 2.39. The fourth-order valence-corrected chi connectivity index (χ4v) is 3.17. The van der Waals surface area contributed by atoms with Crippen LogP contribution in [0.1, 0.15) is 27.7 Å². The SMILES string of the molecule is CN1C(=O)c2c(-c3ccco3)nc(N)nc2C1Cc1ccc(F)cc1F. The summed E-state index contributed by atoms with van der Waals surface area (Å²) in [5.41, 5.74) is 7.08. The minimum absolute atomic E-state index is 0.0113. The first kappa shape index (κ1) is 16.2. The fourth-order valence-electron chi connectivity index (χ4n) is 3.17. The van der Waals surface area contributed by atoms with E-state index in [0.29, 0.717) is 17.1 Å². The quantitative estimate of drug-likeness (QED) is 0.780. The molecule has 1 unspecified atom stereocenters. The molecule has 0 saturated carbocycles. The summed E-state index contributed by atoms with van der Waals surface area (Å²) in [5, 5.41) is 0. The van der Waals surface area contributed by atoms with E-state index in [-0.39, 0.29) is 29.4 Å². The lowest BCUT2D eigenvalue weighted by atomic mass is 10.0. The predicted molar refractivity (Wildman–Crippen MR) is 89.0 cm³/mol. The molecule has 0 saturated heterocycles. The van der Waals surface area contributed by atoms with Crippen LogP contribution in [-0.2, 0) is 6.42 Å². The van der Waals surface area contributed by atoms with Gasteiger partial charge in [-0.05, 0) is 23.8 Å². The van der Waals surface area contributed by atoms with Gasteiger partial charge in [-0.1, -0.05) is 6.07 Å². The molecule has 0 spiro atoms. The van der Waals surface area contributed by atoms with Crippen LogP contribution >= 0.6 is 0 Å². The number of aromatic nitrogens is 2. The lowest BCUT2D eigenvalue weighted by Gasteiger charge is -2.20. The Kier molecular flexibility index (Phi) is 3.68. The van der Waals surface area contributed by atoms with E-state index in [1.807, 2.05) is 0 Å². The van der Waals surface area contributed by atoms with E-state index < -0.39 is 17.7 Å². The van der Waals surface area contributed by atoms with Gasteiger partial charge in [0.1, 0.15) is 17.3 Å². The molecule has 0 fully saturated rings. The van der Waals surface area contributed by atoms with E-state index in [0.717, 1.165) is 6.07 Å².